The molecule has 5 nitrogen and oxygen atoms in total. The van der Waals surface area contributed by atoms with Gasteiger partial charge < -0.3 is 10.2 Å². The maximum absolute atomic E-state index is 12.2. The Bertz CT molecular complexity index is 722. The highest BCUT2D eigenvalue weighted by Gasteiger charge is 2.29. The minimum atomic E-state index is 0.0940. The second-order valence-corrected chi connectivity index (χ2v) is 6.45. The number of hydrogen-bond acceptors (Lipinski definition) is 4. The quantitative estimate of drug-likeness (QED) is 0.875. The topological polar surface area (TPSA) is 58.1 Å². The standard InChI is InChI=1S/C18H21ClN4O/c1-2-15-9-17(21-12-20-15)22-16-10-18(24)23(11-16)7-6-13-4-3-5-14(19)8-13/h3-5,8-9,12,16H,2,6-7,10-11H2,1H3,(H,20,21,22). The summed E-state index contributed by atoms with van der Waals surface area (Å²) in [6.45, 7) is 3.47. The molecule has 1 aromatic heterocycles. The van der Waals surface area contributed by atoms with Gasteiger partial charge in [0.2, 0.25) is 5.91 Å². The minimum absolute atomic E-state index is 0.0940. The molecule has 1 saturated heterocycles. The number of nitrogens with zero attached hydrogens (tertiary/aromatic N) is 3. The fraction of sp³-hybridized carbons (Fsp3) is 0.389. The second kappa shape index (κ2) is 7.62. The van der Waals surface area contributed by atoms with Crippen molar-refractivity contribution in [3.05, 3.63) is 52.9 Å². The lowest BCUT2D eigenvalue weighted by Gasteiger charge is -2.17. The molecule has 1 aromatic carbocycles. The molecular formula is C18H21ClN4O. The van der Waals surface area contributed by atoms with Crippen LogP contribution in [0.4, 0.5) is 5.82 Å². The molecule has 1 fully saturated rings. The molecule has 1 aliphatic heterocycles. The molecular weight excluding hydrogens is 324 g/mol. The summed E-state index contributed by atoms with van der Waals surface area (Å²) in [6.07, 6.45) is 3.74. The lowest BCUT2D eigenvalue weighted by molar-refractivity contribution is -0.127. The minimum Gasteiger partial charge on any atom is -0.365 e. The first-order chi connectivity index (χ1) is 11.6. The van der Waals surface area contributed by atoms with Gasteiger partial charge in [0, 0.05) is 36.3 Å². The van der Waals surface area contributed by atoms with Gasteiger partial charge in [-0.1, -0.05) is 30.7 Å². The first-order valence-electron chi connectivity index (χ1n) is 8.23. The van der Waals surface area contributed by atoms with Crippen molar-refractivity contribution in [3.8, 4) is 0 Å². The molecule has 126 valence electrons. The van der Waals surface area contributed by atoms with Gasteiger partial charge in [0.1, 0.15) is 12.1 Å². The van der Waals surface area contributed by atoms with E-state index in [-0.39, 0.29) is 11.9 Å². The largest absolute Gasteiger partial charge is 0.365 e. The van der Waals surface area contributed by atoms with Crippen LogP contribution in [0.5, 0.6) is 0 Å². The second-order valence-electron chi connectivity index (χ2n) is 6.01. The maximum Gasteiger partial charge on any atom is 0.224 e. The number of likely N-dealkylation sites (tertiary alicyclic amines) is 1. The number of amides is 1. The average Bonchev–Trinajstić information content (AvgIpc) is 2.92. The third kappa shape index (κ3) is 4.23. The van der Waals surface area contributed by atoms with Crippen molar-refractivity contribution in [1.29, 1.82) is 0 Å². The fourth-order valence-electron chi connectivity index (χ4n) is 2.92. The van der Waals surface area contributed by atoms with Crippen LogP contribution in [-0.2, 0) is 17.6 Å². The van der Waals surface area contributed by atoms with Gasteiger partial charge in [0.25, 0.3) is 0 Å². The van der Waals surface area contributed by atoms with Crippen LogP contribution in [0.1, 0.15) is 24.6 Å². The van der Waals surface area contributed by atoms with E-state index in [9.17, 15) is 4.79 Å². The van der Waals surface area contributed by atoms with E-state index in [1.807, 2.05) is 35.2 Å². The van der Waals surface area contributed by atoms with Crippen LogP contribution >= 0.6 is 11.6 Å². The van der Waals surface area contributed by atoms with Crippen LogP contribution in [0.25, 0.3) is 0 Å². The molecule has 24 heavy (non-hydrogen) atoms. The zero-order chi connectivity index (χ0) is 16.9. The molecule has 0 saturated carbocycles. The normalized spacial score (nSPS) is 17.3. The van der Waals surface area contributed by atoms with Crippen molar-refractivity contribution in [1.82, 2.24) is 14.9 Å². The van der Waals surface area contributed by atoms with E-state index in [0.717, 1.165) is 34.9 Å². The van der Waals surface area contributed by atoms with Crippen molar-refractivity contribution in [2.45, 2.75) is 32.2 Å². The Kier molecular flexibility index (Phi) is 5.30. The third-order valence-corrected chi connectivity index (χ3v) is 4.45. The zero-order valence-corrected chi connectivity index (χ0v) is 14.5. The molecule has 0 radical (unpaired) electrons. The highest BCUT2D eigenvalue weighted by Crippen LogP contribution is 2.17. The number of halogens is 1. The summed E-state index contributed by atoms with van der Waals surface area (Å²) in [7, 11) is 0. The van der Waals surface area contributed by atoms with Gasteiger partial charge in [-0.2, -0.15) is 0 Å². The molecule has 1 unspecified atom stereocenters. The van der Waals surface area contributed by atoms with Gasteiger partial charge in [-0.15, -0.1) is 0 Å². The first kappa shape index (κ1) is 16.7. The lowest BCUT2D eigenvalue weighted by atomic mass is 10.1. The molecule has 2 aromatic rings. The highest BCUT2D eigenvalue weighted by molar-refractivity contribution is 6.30. The van der Waals surface area contributed by atoms with Crippen molar-refractivity contribution in [3.63, 3.8) is 0 Å². The molecule has 0 bridgehead atoms. The van der Waals surface area contributed by atoms with E-state index in [1.165, 1.54) is 0 Å². The number of aryl methyl sites for hydroxylation is 1. The summed E-state index contributed by atoms with van der Waals surface area (Å²) in [6, 6.07) is 9.82. The number of carbonyl (C=O) groups excluding carboxylic acids is 1. The van der Waals surface area contributed by atoms with Crippen LogP contribution < -0.4 is 5.32 Å². The van der Waals surface area contributed by atoms with Gasteiger partial charge in [0.15, 0.2) is 0 Å². The molecule has 1 N–H and O–H groups in total. The molecule has 1 atom stereocenters. The van der Waals surface area contributed by atoms with Crippen LogP contribution in [0, 0.1) is 0 Å². The molecule has 1 amide bonds. The van der Waals surface area contributed by atoms with Crippen LogP contribution in [0.3, 0.4) is 0 Å². The Morgan fingerprint density at radius 2 is 2.21 bits per heavy atom. The number of nitrogens with one attached hydrogen (secondary N) is 1. The number of anilines is 1. The molecule has 6 heteroatoms. The van der Waals surface area contributed by atoms with Gasteiger partial charge in [0.05, 0.1) is 6.04 Å². The van der Waals surface area contributed by atoms with Gasteiger partial charge in [-0.05, 0) is 30.5 Å². The van der Waals surface area contributed by atoms with E-state index in [4.69, 9.17) is 11.6 Å². The van der Waals surface area contributed by atoms with E-state index >= 15 is 0 Å². The maximum atomic E-state index is 12.2. The Balaban J connectivity index is 1.55. The summed E-state index contributed by atoms with van der Waals surface area (Å²) in [5.41, 5.74) is 2.14. The lowest BCUT2D eigenvalue weighted by Crippen LogP contribution is -2.30. The third-order valence-electron chi connectivity index (χ3n) is 4.21. The Morgan fingerprint density at radius 3 is 3.00 bits per heavy atom. The Hall–Kier alpha value is -2.14. The van der Waals surface area contributed by atoms with E-state index in [2.05, 4.69) is 22.2 Å². The smallest absolute Gasteiger partial charge is 0.224 e. The van der Waals surface area contributed by atoms with Gasteiger partial charge in [-0.25, -0.2) is 9.97 Å². The molecule has 2 heterocycles. The monoisotopic (exact) mass is 344 g/mol. The summed E-state index contributed by atoms with van der Waals surface area (Å²) in [5.74, 6) is 0.968. The summed E-state index contributed by atoms with van der Waals surface area (Å²) in [5, 5.41) is 4.08. The zero-order valence-electron chi connectivity index (χ0n) is 13.7. The average molecular weight is 345 g/mol. The molecule has 1 aliphatic rings. The van der Waals surface area contributed by atoms with Crippen molar-refractivity contribution in [2.75, 3.05) is 18.4 Å². The number of rotatable bonds is 6. The highest BCUT2D eigenvalue weighted by atomic mass is 35.5. The van der Waals surface area contributed by atoms with Crippen molar-refractivity contribution < 1.29 is 4.79 Å². The van der Waals surface area contributed by atoms with E-state index < -0.39 is 0 Å². The van der Waals surface area contributed by atoms with Crippen LogP contribution in [0.15, 0.2) is 36.7 Å². The molecule has 0 aliphatic carbocycles. The Labute approximate surface area is 147 Å². The van der Waals surface area contributed by atoms with Crippen molar-refractivity contribution >= 4 is 23.3 Å². The van der Waals surface area contributed by atoms with Crippen molar-refractivity contribution in [2.24, 2.45) is 0 Å². The SMILES string of the molecule is CCc1cc(NC2CC(=O)N(CCc3cccc(Cl)c3)C2)ncn1. The fourth-order valence-corrected chi connectivity index (χ4v) is 3.13. The van der Waals surface area contributed by atoms with Crippen LogP contribution in [-0.4, -0.2) is 39.9 Å². The predicted molar refractivity (Wildman–Crippen MR) is 95.2 cm³/mol. The van der Waals surface area contributed by atoms with Gasteiger partial charge >= 0.3 is 0 Å². The summed E-state index contributed by atoms with van der Waals surface area (Å²) >= 11 is 6.00. The Morgan fingerprint density at radius 1 is 1.33 bits per heavy atom. The molecule has 0 spiro atoms. The first-order valence-corrected chi connectivity index (χ1v) is 8.61. The number of aromatic nitrogens is 2. The number of benzene rings is 1. The van der Waals surface area contributed by atoms with E-state index in [1.54, 1.807) is 6.33 Å². The number of carbonyl (C=O) groups is 1. The number of hydrogen-bond donors (Lipinski definition) is 1. The van der Waals surface area contributed by atoms with Gasteiger partial charge in [-0.3, -0.25) is 4.79 Å². The summed E-state index contributed by atoms with van der Waals surface area (Å²) < 4.78 is 0. The molecule has 3 rings (SSSR count). The van der Waals surface area contributed by atoms with Crippen LogP contribution in [0.2, 0.25) is 5.02 Å². The summed E-state index contributed by atoms with van der Waals surface area (Å²) in [4.78, 5) is 22.5. The predicted octanol–water partition coefficient (Wildman–Crippen LogP) is 2.95. The van der Waals surface area contributed by atoms with E-state index in [0.29, 0.717) is 19.5 Å².